The quantitative estimate of drug-likeness (QED) is 0.0414. The van der Waals surface area contributed by atoms with Gasteiger partial charge in [-0.25, -0.2) is 0 Å². The van der Waals surface area contributed by atoms with Gasteiger partial charge < -0.3 is 28.5 Å². The lowest BCUT2D eigenvalue weighted by Gasteiger charge is -2.32. The van der Waals surface area contributed by atoms with E-state index in [9.17, 15) is 0 Å². The van der Waals surface area contributed by atoms with Crippen LogP contribution in [0.2, 0.25) is 0 Å². The lowest BCUT2D eigenvalue weighted by Crippen LogP contribution is -3.00. The monoisotopic (exact) mass is 587 g/mol. The third kappa shape index (κ3) is 23.7. The molecule has 0 saturated heterocycles. The standard InChI is InChI=1S/C26H55BrN.HI/c1-4-6-8-10-12-14-16-18-20-22-24-28(3,26-27)25-23-21-19-17-15-13-11-9-7-5-2;/h4-26H2,1-3H3;1H/q+1;/p-1. The molecular formula is C26H55BrIN. The topological polar surface area (TPSA) is 0 Å². The average molecular weight is 589 g/mol. The van der Waals surface area contributed by atoms with Gasteiger partial charge in [-0.05, 0) is 41.6 Å². The van der Waals surface area contributed by atoms with Crippen molar-refractivity contribution in [1.82, 2.24) is 0 Å². The maximum absolute atomic E-state index is 3.79. The summed E-state index contributed by atoms with van der Waals surface area (Å²) >= 11 is 3.79. The van der Waals surface area contributed by atoms with E-state index in [1.54, 1.807) is 0 Å². The van der Waals surface area contributed by atoms with Crippen molar-refractivity contribution in [3.8, 4) is 0 Å². The van der Waals surface area contributed by atoms with Crippen LogP contribution in [0.15, 0.2) is 0 Å². The van der Waals surface area contributed by atoms with Crippen molar-refractivity contribution in [3.63, 3.8) is 0 Å². The smallest absolute Gasteiger partial charge is 0.134 e. The van der Waals surface area contributed by atoms with Gasteiger partial charge in [0.25, 0.3) is 0 Å². The Kier molecular flexibility index (Phi) is 28.4. The maximum atomic E-state index is 3.79. The van der Waals surface area contributed by atoms with Crippen LogP contribution in [0.5, 0.6) is 0 Å². The highest BCUT2D eigenvalue weighted by Gasteiger charge is 2.18. The van der Waals surface area contributed by atoms with E-state index in [2.05, 4.69) is 36.8 Å². The van der Waals surface area contributed by atoms with Gasteiger partial charge in [-0.3, -0.25) is 0 Å². The number of hydrogen-bond acceptors (Lipinski definition) is 0. The summed E-state index contributed by atoms with van der Waals surface area (Å²) in [4.78, 5) is 0. The van der Waals surface area contributed by atoms with Crippen LogP contribution in [0.4, 0.5) is 0 Å². The molecule has 29 heavy (non-hydrogen) atoms. The first-order chi connectivity index (χ1) is 13.7. The number of alkyl halides is 1. The van der Waals surface area contributed by atoms with Crippen LogP contribution in [-0.4, -0.2) is 30.1 Å². The highest BCUT2D eigenvalue weighted by Crippen LogP contribution is 2.16. The zero-order valence-electron chi connectivity index (χ0n) is 20.5. The van der Waals surface area contributed by atoms with Gasteiger partial charge in [0.2, 0.25) is 0 Å². The minimum atomic E-state index is 0. The molecule has 0 aromatic rings. The van der Waals surface area contributed by atoms with Gasteiger partial charge >= 0.3 is 0 Å². The molecule has 0 amide bonds. The molecule has 0 aliphatic rings. The van der Waals surface area contributed by atoms with E-state index < -0.39 is 0 Å². The van der Waals surface area contributed by atoms with Crippen LogP contribution in [0.3, 0.4) is 0 Å². The van der Waals surface area contributed by atoms with Crippen LogP contribution < -0.4 is 24.0 Å². The Morgan fingerprint density at radius 3 is 0.931 bits per heavy atom. The van der Waals surface area contributed by atoms with E-state index >= 15 is 0 Å². The predicted octanol–water partition coefficient (Wildman–Crippen LogP) is 6.63. The van der Waals surface area contributed by atoms with Crippen molar-refractivity contribution < 1.29 is 28.5 Å². The number of halogens is 2. The van der Waals surface area contributed by atoms with Crippen molar-refractivity contribution in [1.29, 1.82) is 0 Å². The molecule has 0 fully saturated rings. The largest absolute Gasteiger partial charge is 1.00 e. The molecule has 0 N–H and O–H groups in total. The molecule has 0 aromatic heterocycles. The first-order valence-electron chi connectivity index (χ1n) is 13.1. The number of nitrogens with zero attached hydrogens (tertiary/aromatic N) is 1. The predicted molar refractivity (Wildman–Crippen MR) is 133 cm³/mol. The summed E-state index contributed by atoms with van der Waals surface area (Å²) in [5, 5.41) is 0. The van der Waals surface area contributed by atoms with E-state index in [1.807, 2.05) is 0 Å². The molecule has 0 aliphatic heterocycles. The summed E-state index contributed by atoms with van der Waals surface area (Å²) in [5.74, 6) is 0. The summed E-state index contributed by atoms with van der Waals surface area (Å²) in [6.45, 7) is 7.32. The molecule has 0 saturated carbocycles. The molecule has 0 bridgehead atoms. The third-order valence-corrected chi connectivity index (χ3v) is 7.60. The van der Waals surface area contributed by atoms with Crippen molar-refractivity contribution in [3.05, 3.63) is 0 Å². The molecule has 0 radical (unpaired) electrons. The summed E-state index contributed by atoms with van der Waals surface area (Å²) in [5.41, 5.74) is 1.13. The average Bonchev–Trinajstić information content (AvgIpc) is 2.71. The second kappa shape index (κ2) is 25.4. The summed E-state index contributed by atoms with van der Waals surface area (Å²) < 4.78 is 1.23. The Morgan fingerprint density at radius 2 is 0.690 bits per heavy atom. The van der Waals surface area contributed by atoms with E-state index in [0.717, 1.165) is 5.45 Å². The van der Waals surface area contributed by atoms with Gasteiger partial charge in [0.15, 0.2) is 0 Å². The molecular weight excluding hydrogens is 533 g/mol. The van der Waals surface area contributed by atoms with E-state index in [0.29, 0.717) is 0 Å². The summed E-state index contributed by atoms with van der Waals surface area (Å²) in [7, 11) is 2.45. The lowest BCUT2D eigenvalue weighted by molar-refractivity contribution is -0.896. The fraction of sp³-hybridized carbons (Fsp3) is 1.00. The van der Waals surface area contributed by atoms with E-state index in [4.69, 9.17) is 0 Å². The van der Waals surface area contributed by atoms with Gasteiger partial charge in [0.05, 0.1) is 20.1 Å². The Hall–Kier alpha value is 1.17. The highest BCUT2D eigenvalue weighted by atomic mass is 127. The fourth-order valence-electron chi connectivity index (χ4n) is 4.19. The minimum Gasteiger partial charge on any atom is -1.00 e. The van der Waals surface area contributed by atoms with Gasteiger partial charge in [-0.2, -0.15) is 0 Å². The van der Waals surface area contributed by atoms with E-state index in [1.165, 1.54) is 146 Å². The Bertz CT molecular complexity index is 274. The van der Waals surface area contributed by atoms with Crippen molar-refractivity contribution in [2.75, 3.05) is 25.6 Å². The number of hydrogen-bond donors (Lipinski definition) is 0. The van der Waals surface area contributed by atoms with E-state index in [-0.39, 0.29) is 24.0 Å². The molecule has 178 valence electrons. The summed E-state index contributed by atoms with van der Waals surface area (Å²) in [6.07, 6.45) is 28.8. The zero-order valence-corrected chi connectivity index (χ0v) is 24.2. The second-order valence-corrected chi connectivity index (χ2v) is 10.1. The van der Waals surface area contributed by atoms with Crippen LogP contribution in [-0.2, 0) is 0 Å². The SMILES string of the molecule is CCCCCCCCCCCC[N+](C)(CBr)CCCCCCCCCCCC.[I-]. The van der Waals surface area contributed by atoms with Crippen molar-refractivity contribution in [2.24, 2.45) is 0 Å². The lowest BCUT2D eigenvalue weighted by atomic mass is 10.1. The zero-order chi connectivity index (χ0) is 20.8. The van der Waals surface area contributed by atoms with Crippen molar-refractivity contribution in [2.45, 2.75) is 142 Å². The molecule has 0 aliphatic carbocycles. The molecule has 0 aromatic carbocycles. The minimum absolute atomic E-state index is 0. The first-order valence-corrected chi connectivity index (χ1v) is 14.2. The molecule has 0 spiro atoms. The Morgan fingerprint density at radius 1 is 0.448 bits per heavy atom. The molecule has 0 unspecified atom stereocenters. The van der Waals surface area contributed by atoms with Crippen LogP contribution in [0, 0.1) is 0 Å². The van der Waals surface area contributed by atoms with Gasteiger partial charge in [0.1, 0.15) is 5.45 Å². The number of unbranched alkanes of at least 4 members (excludes halogenated alkanes) is 18. The van der Waals surface area contributed by atoms with Crippen molar-refractivity contribution >= 4 is 15.9 Å². The molecule has 1 nitrogen and oxygen atoms in total. The summed E-state index contributed by atoms with van der Waals surface area (Å²) in [6, 6.07) is 0. The maximum Gasteiger partial charge on any atom is 0.134 e. The Labute approximate surface area is 211 Å². The normalized spacial score (nSPS) is 11.6. The van der Waals surface area contributed by atoms with Gasteiger partial charge in [-0.1, -0.05) is 117 Å². The molecule has 0 heterocycles. The van der Waals surface area contributed by atoms with Gasteiger partial charge in [-0.15, -0.1) is 0 Å². The molecule has 0 rings (SSSR count). The highest BCUT2D eigenvalue weighted by molar-refractivity contribution is 9.09. The third-order valence-electron chi connectivity index (χ3n) is 6.39. The Balaban J connectivity index is 0. The second-order valence-electron chi connectivity index (χ2n) is 9.55. The van der Waals surface area contributed by atoms with Crippen LogP contribution >= 0.6 is 15.9 Å². The van der Waals surface area contributed by atoms with Crippen LogP contribution in [0.1, 0.15) is 142 Å². The first kappa shape index (κ1) is 32.4. The fourth-order valence-corrected chi connectivity index (χ4v) is 4.69. The van der Waals surface area contributed by atoms with Crippen LogP contribution in [0.25, 0.3) is 0 Å². The molecule has 0 atom stereocenters. The van der Waals surface area contributed by atoms with Gasteiger partial charge in [0, 0.05) is 0 Å². The number of quaternary nitrogens is 1. The number of rotatable bonds is 23. The molecule has 3 heteroatoms.